The van der Waals surface area contributed by atoms with Gasteiger partial charge in [0.25, 0.3) is 0 Å². The Morgan fingerprint density at radius 2 is 2.00 bits per heavy atom. The maximum Gasteiger partial charge on any atom is 0.353 e. The van der Waals surface area contributed by atoms with Gasteiger partial charge in [-0.3, -0.25) is 14.7 Å². The lowest BCUT2D eigenvalue weighted by Crippen LogP contribution is -2.47. The molecule has 0 amide bonds. The van der Waals surface area contributed by atoms with Crippen LogP contribution in [0.25, 0.3) is 0 Å². The third-order valence-corrected chi connectivity index (χ3v) is 4.73. The molecule has 0 saturated carbocycles. The van der Waals surface area contributed by atoms with Crippen molar-refractivity contribution in [1.29, 1.82) is 0 Å². The maximum absolute atomic E-state index is 12.4. The monoisotopic (exact) mass is 265 g/mol. The molecule has 1 unspecified atom stereocenters. The molecule has 17 heavy (non-hydrogen) atoms. The van der Waals surface area contributed by atoms with Crippen molar-refractivity contribution in [1.82, 2.24) is 5.32 Å². The quantitative estimate of drug-likeness (QED) is 0.407. The lowest BCUT2D eigenvalue weighted by atomic mass is 10.3. The van der Waals surface area contributed by atoms with Gasteiger partial charge in [0.15, 0.2) is 5.28 Å². The molecular formula is C10H20NO5P. The molecule has 0 aliphatic rings. The van der Waals surface area contributed by atoms with Crippen LogP contribution < -0.4 is 5.32 Å². The van der Waals surface area contributed by atoms with E-state index in [4.69, 9.17) is 13.8 Å². The van der Waals surface area contributed by atoms with Gasteiger partial charge in [0.05, 0.1) is 0 Å². The molecule has 0 aromatic carbocycles. The third kappa shape index (κ3) is 4.24. The zero-order valence-electron chi connectivity index (χ0n) is 10.7. The lowest BCUT2D eigenvalue weighted by molar-refractivity contribution is -0.142. The average Bonchev–Trinajstić information content (AvgIpc) is 2.32. The summed E-state index contributed by atoms with van der Waals surface area (Å²) in [7, 11) is -0.858. The summed E-state index contributed by atoms with van der Waals surface area (Å²) in [6.45, 7) is 6.70. The van der Waals surface area contributed by atoms with Gasteiger partial charge in [-0.2, -0.15) is 0 Å². The summed E-state index contributed by atoms with van der Waals surface area (Å²) in [5.41, 5.74) is 0. The summed E-state index contributed by atoms with van der Waals surface area (Å²) in [5, 5.41) is 1.82. The molecule has 0 saturated heterocycles. The van der Waals surface area contributed by atoms with E-state index in [-0.39, 0.29) is 6.61 Å². The molecule has 0 aromatic rings. The Bertz CT molecular complexity index is 312. The van der Waals surface area contributed by atoms with Crippen LogP contribution in [0.1, 0.15) is 13.8 Å². The molecule has 1 N–H and O–H groups in total. The van der Waals surface area contributed by atoms with Crippen molar-refractivity contribution in [3.05, 3.63) is 12.7 Å². The second-order valence-electron chi connectivity index (χ2n) is 3.59. The van der Waals surface area contributed by atoms with Crippen molar-refractivity contribution in [3.63, 3.8) is 0 Å². The zero-order valence-corrected chi connectivity index (χ0v) is 11.6. The Kier molecular flexibility index (Phi) is 6.64. The minimum Gasteiger partial charge on any atom is -0.463 e. The van der Waals surface area contributed by atoms with E-state index in [1.54, 1.807) is 13.0 Å². The Morgan fingerprint density at radius 3 is 2.35 bits per heavy atom. The number of carbonyl (C=O) groups excluding carboxylic acids is 1. The van der Waals surface area contributed by atoms with Crippen LogP contribution in [-0.2, 0) is 23.1 Å². The Labute approximate surface area is 102 Å². The lowest BCUT2D eigenvalue weighted by Gasteiger charge is -2.34. The van der Waals surface area contributed by atoms with Crippen LogP contribution in [-0.4, -0.2) is 38.6 Å². The van der Waals surface area contributed by atoms with E-state index in [9.17, 15) is 9.36 Å². The second kappa shape index (κ2) is 6.91. The molecular weight excluding hydrogens is 245 g/mol. The summed E-state index contributed by atoms with van der Waals surface area (Å²) in [4.78, 5) is 10.8. The second-order valence-corrected chi connectivity index (χ2v) is 6.30. The molecule has 1 atom stereocenters. The number of carbonyl (C=O) groups is 1. The van der Waals surface area contributed by atoms with E-state index in [2.05, 4.69) is 11.9 Å². The summed E-state index contributed by atoms with van der Waals surface area (Å²) in [6.07, 6.45) is 1.60. The van der Waals surface area contributed by atoms with Crippen molar-refractivity contribution in [2.45, 2.75) is 19.1 Å². The molecule has 0 bridgehead atoms. The first-order valence-corrected chi connectivity index (χ1v) is 6.60. The molecule has 100 valence electrons. The fourth-order valence-corrected chi connectivity index (χ4v) is 2.70. The summed E-state index contributed by atoms with van der Waals surface area (Å²) in [5.74, 6) is -0.463. The predicted octanol–water partition coefficient (Wildman–Crippen LogP) is 1.53. The van der Waals surface area contributed by atoms with Gasteiger partial charge >= 0.3 is 13.6 Å². The smallest absolute Gasteiger partial charge is 0.353 e. The fraction of sp³-hybridized carbons (Fsp3) is 0.700. The SMILES string of the molecule is C=CCNC(C)(COC(C)=O)P(=O)(OC)OC. The van der Waals surface area contributed by atoms with Crippen LogP contribution in [0.3, 0.4) is 0 Å². The first kappa shape index (κ1) is 16.3. The summed E-state index contributed by atoms with van der Waals surface area (Å²) < 4.78 is 27.1. The summed E-state index contributed by atoms with van der Waals surface area (Å²) in [6, 6.07) is 0. The van der Waals surface area contributed by atoms with Gasteiger partial charge < -0.3 is 13.8 Å². The van der Waals surface area contributed by atoms with Crippen molar-refractivity contribution >= 4 is 13.6 Å². The van der Waals surface area contributed by atoms with Gasteiger partial charge in [0.1, 0.15) is 6.61 Å². The van der Waals surface area contributed by atoms with Gasteiger partial charge in [0, 0.05) is 27.7 Å². The molecule has 0 aliphatic carbocycles. The van der Waals surface area contributed by atoms with Gasteiger partial charge in [-0.25, -0.2) is 0 Å². The normalized spacial score (nSPS) is 15.1. The Morgan fingerprint density at radius 1 is 1.47 bits per heavy atom. The van der Waals surface area contributed by atoms with Gasteiger partial charge in [-0.15, -0.1) is 6.58 Å². The van der Waals surface area contributed by atoms with Crippen molar-refractivity contribution in [2.75, 3.05) is 27.4 Å². The molecule has 0 aromatic heterocycles. The highest BCUT2D eigenvalue weighted by Crippen LogP contribution is 2.57. The van der Waals surface area contributed by atoms with Crippen molar-refractivity contribution in [2.24, 2.45) is 0 Å². The first-order chi connectivity index (χ1) is 7.85. The number of ether oxygens (including phenoxy) is 1. The zero-order chi connectivity index (χ0) is 13.5. The molecule has 0 fully saturated rings. The van der Waals surface area contributed by atoms with Crippen LogP contribution in [0.5, 0.6) is 0 Å². The Hall–Kier alpha value is -0.680. The fourth-order valence-electron chi connectivity index (χ4n) is 1.24. The molecule has 0 heterocycles. The first-order valence-electron chi connectivity index (χ1n) is 5.06. The minimum absolute atomic E-state index is 0.116. The van der Waals surface area contributed by atoms with Crippen molar-refractivity contribution < 1.29 is 23.1 Å². The minimum atomic E-state index is -3.43. The van der Waals surface area contributed by atoms with Crippen LogP contribution in [0.4, 0.5) is 0 Å². The molecule has 6 nitrogen and oxygen atoms in total. The predicted molar refractivity (Wildman–Crippen MR) is 64.9 cm³/mol. The van der Waals surface area contributed by atoms with Gasteiger partial charge in [0.2, 0.25) is 0 Å². The molecule has 7 heteroatoms. The number of nitrogens with one attached hydrogen (secondary N) is 1. The number of hydrogen-bond acceptors (Lipinski definition) is 6. The van der Waals surface area contributed by atoms with Crippen LogP contribution in [0, 0.1) is 0 Å². The largest absolute Gasteiger partial charge is 0.463 e. The third-order valence-electron chi connectivity index (χ3n) is 2.27. The van der Waals surface area contributed by atoms with E-state index in [1.807, 2.05) is 0 Å². The van der Waals surface area contributed by atoms with E-state index >= 15 is 0 Å². The molecule has 0 rings (SSSR count). The average molecular weight is 265 g/mol. The summed E-state index contributed by atoms with van der Waals surface area (Å²) >= 11 is 0. The highest BCUT2D eigenvalue weighted by molar-refractivity contribution is 7.55. The highest BCUT2D eigenvalue weighted by atomic mass is 31.2. The van der Waals surface area contributed by atoms with Crippen LogP contribution in [0.15, 0.2) is 12.7 Å². The van der Waals surface area contributed by atoms with E-state index in [0.29, 0.717) is 6.54 Å². The van der Waals surface area contributed by atoms with Crippen LogP contribution >= 0.6 is 7.60 Å². The number of esters is 1. The van der Waals surface area contributed by atoms with Gasteiger partial charge in [-0.05, 0) is 6.92 Å². The standard InChI is InChI=1S/C10H20NO5P/c1-6-7-11-10(3,8-16-9(2)12)17(13,14-4)15-5/h6,11H,1,7-8H2,2-5H3. The van der Waals surface area contributed by atoms with Gasteiger partial charge in [-0.1, -0.05) is 6.08 Å². The topological polar surface area (TPSA) is 73.9 Å². The van der Waals surface area contributed by atoms with Crippen LogP contribution in [0.2, 0.25) is 0 Å². The van der Waals surface area contributed by atoms with E-state index in [0.717, 1.165) is 0 Å². The highest BCUT2D eigenvalue weighted by Gasteiger charge is 2.46. The molecule has 0 spiro atoms. The molecule has 0 radical (unpaired) electrons. The molecule has 0 aliphatic heterocycles. The van der Waals surface area contributed by atoms with E-state index < -0.39 is 18.8 Å². The number of rotatable bonds is 8. The van der Waals surface area contributed by atoms with Crippen molar-refractivity contribution in [3.8, 4) is 0 Å². The number of hydrogen-bond donors (Lipinski definition) is 1. The maximum atomic E-state index is 12.4. The van der Waals surface area contributed by atoms with E-state index in [1.165, 1.54) is 21.1 Å². The Balaban J connectivity index is 4.99.